The molecule has 1 heterocycles. The first-order valence-electron chi connectivity index (χ1n) is 7.08. The molecule has 106 valence electrons. The van der Waals surface area contributed by atoms with Crippen LogP contribution in [0, 0.1) is 11.3 Å². The van der Waals surface area contributed by atoms with Gasteiger partial charge in [0.15, 0.2) is 5.17 Å². The molecule has 0 aromatic heterocycles. The van der Waals surface area contributed by atoms with Gasteiger partial charge in [-0.05, 0) is 38.0 Å². The van der Waals surface area contributed by atoms with Gasteiger partial charge in [-0.1, -0.05) is 46.4 Å². The van der Waals surface area contributed by atoms with E-state index in [4.69, 9.17) is 4.99 Å². The second-order valence-corrected chi connectivity index (χ2v) is 8.71. The minimum absolute atomic E-state index is 0.114. The number of thioether (sulfide) groups is 1. The van der Waals surface area contributed by atoms with E-state index in [0.717, 1.165) is 11.6 Å². The van der Waals surface area contributed by atoms with Crippen molar-refractivity contribution >= 4 is 16.9 Å². The van der Waals surface area contributed by atoms with Crippen LogP contribution >= 0.6 is 11.8 Å². The van der Waals surface area contributed by atoms with E-state index in [1.165, 1.54) is 12.2 Å². The molecule has 0 aliphatic carbocycles. The van der Waals surface area contributed by atoms with Gasteiger partial charge < -0.3 is 5.32 Å². The summed E-state index contributed by atoms with van der Waals surface area (Å²) in [5.74, 6) is 1.84. The van der Waals surface area contributed by atoms with Crippen molar-refractivity contribution < 1.29 is 0 Å². The van der Waals surface area contributed by atoms with Crippen molar-refractivity contribution in [3.8, 4) is 0 Å². The molecule has 0 aromatic carbocycles. The number of nitrogens with zero attached hydrogens (tertiary/aromatic N) is 1. The zero-order chi connectivity index (χ0) is 14.0. The first-order valence-corrected chi connectivity index (χ1v) is 8.06. The molecule has 0 saturated heterocycles. The lowest BCUT2D eigenvalue weighted by Gasteiger charge is -2.35. The zero-order valence-corrected chi connectivity index (χ0v) is 13.9. The van der Waals surface area contributed by atoms with E-state index in [2.05, 4.69) is 53.8 Å². The van der Waals surface area contributed by atoms with Crippen molar-refractivity contribution in [2.45, 2.75) is 72.9 Å². The summed E-state index contributed by atoms with van der Waals surface area (Å²) >= 11 is 1.88. The van der Waals surface area contributed by atoms with Crippen LogP contribution < -0.4 is 5.32 Å². The molecule has 1 atom stereocenters. The molecule has 18 heavy (non-hydrogen) atoms. The maximum atomic E-state index is 4.86. The number of aliphatic imine (C=N–C) groups is 1. The van der Waals surface area contributed by atoms with Crippen LogP contribution in [0.15, 0.2) is 4.99 Å². The molecule has 1 unspecified atom stereocenters. The van der Waals surface area contributed by atoms with Crippen molar-refractivity contribution in [1.29, 1.82) is 0 Å². The lowest BCUT2D eigenvalue weighted by Crippen LogP contribution is -2.46. The van der Waals surface area contributed by atoms with E-state index >= 15 is 0 Å². The van der Waals surface area contributed by atoms with Crippen LogP contribution in [0.1, 0.15) is 61.3 Å². The summed E-state index contributed by atoms with van der Waals surface area (Å²) in [6, 6.07) is 0.499. The Morgan fingerprint density at radius 1 is 1.28 bits per heavy atom. The quantitative estimate of drug-likeness (QED) is 0.826. The van der Waals surface area contributed by atoms with E-state index in [-0.39, 0.29) is 5.54 Å². The Hall–Kier alpha value is -0.180. The average molecular weight is 270 g/mol. The van der Waals surface area contributed by atoms with Gasteiger partial charge in [-0.15, -0.1) is 0 Å². The van der Waals surface area contributed by atoms with E-state index in [9.17, 15) is 0 Å². The van der Waals surface area contributed by atoms with E-state index in [1.807, 2.05) is 11.8 Å². The van der Waals surface area contributed by atoms with Crippen molar-refractivity contribution in [2.24, 2.45) is 16.3 Å². The summed E-state index contributed by atoms with van der Waals surface area (Å²) in [4.78, 5) is 4.86. The molecule has 0 saturated carbocycles. The van der Waals surface area contributed by atoms with Crippen LogP contribution in [0.3, 0.4) is 0 Å². The van der Waals surface area contributed by atoms with Crippen molar-refractivity contribution in [2.75, 3.05) is 5.75 Å². The third-order valence-corrected chi connectivity index (χ3v) is 4.04. The fourth-order valence-corrected chi connectivity index (χ4v) is 3.85. The third-order valence-electron chi connectivity index (χ3n) is 3.12. The summed E-state index contributed by atoms with van der Waals surface area (Å²) in [5, 5.41) is 4.80. The molecule has 0 bridgehead atoms. The molecule has 1 rings (SSSR count). The number of rotatable bonds is 3. The second-order valence-electron chi connectivity index (χ2n) is 7.63. The molecule has 0 aromatic rings. The maximum absolute atomic E-state index is 4.86. The van der Waals surface area contributed by atoms with Crippen molar-refractivity contribution in [1.82, 2.24) is 5.32 Å². The fourth-order valence-electron chi connectivity index (χ4n) is 2.74. The SMILES string of the molecule is CC(C)C1CCSC(NC(C)(C)CC(C)(C)C)=N1. The standard InChI is InChI=1S/C15H30N2S/c1-11(2)12-8-9-18-13(16-12)17-15(6,7)10-14(3,4)5/h11-12H,8-10H2,1-7H3,(H,16,17). The van der Waals surface area contributed by atoms with Gasteiger partial charge in [0.1, 0.15) is 0 Å². The lowest BCUT2D eigenvalue weighted by atomic mass is 9.82. The fraction of sp³-hybridized carbons (Fsp3) is 0.933. The topological polar surface area (TPSA) is 24.4 Å². The Bertz CT molecular complexity index is 300. The van der Waals surface area contributed by atoms with Crippen molar-refractivity contribution in [3.63, 3.8) is 0 Å². The predicted octanol–water partition coefficient (Wildman–Crippen LogP) is 4.31. The Morgan fingerprint density at radius 2 is 1.89 bits per heavy atom. The molecular weight excluding hydrogens is 240 g/mol. The van der Waals surface area contributed by atoms with Gasteiger partial charge in [-0.3, -0.25) is 4.99 Å². The zero-order valence-electron chi connectivity index (χ0n) is 13.1. The molecule has 2 nitrogen and oxygen atoms in total. The van der Waals surface area contributed by atoms with Gasteiger partial charge in [0, 0.05) is 11.3 Å². The van der Waals surface area contributed by atoms with Gasteiger partial charge in [-0.25, -0.2) is 0 Å². The van der Waals surface area contributed by atoms with Crippen LogP contribution in [0.2, 0.25) is 0 Å². The first-order chi connectivity index (χ1) is 8.09. The number of hydrogen-bond donors (Lipinski definition) is 1. The number of nitrogens with one attached hydrogen (secondary N) is 1. The van der Waals surface area contributed by atoms with Crippen LogP contribution in [0.5, 0.6) is 0 Å². The highest BCUT2D eigenvalue weighted by molar-refractivity contribution is 8.13. The lowest BCUT2D eigenvalue weighted by molar-refractivity contribution is 0.267. The molecule has 3 heteroatoms. The van der Waals surface area contributed by atoms with Gasteiger partial charge in [0.2, 0.25) is 0 Å². The summed E-state index contributed by atoms with van der Waals surface area (Å²) < 4.78 is 0. The highest BCUT2D eigenvalue weighted by Gasteiger charge is 2.28. The van der Waals surface area contributed by atoms with Gasteiger partial charge in [-0.2, -0.15) is 0 Å². The molecule has 0 radical (unpaired) electrons. The van der Waals surface area contributed by atoms with Gasteiger partial charge in [0.25, 0.3) is 0 Å². The first kappa shape index (κ1) is 15.9. The molecule has 0 amide bonds. The third kappa shape index (κ3) is 5.64. The Balaban J connectivity index is 2.65. The van der Waals surface area contributed by atoms with E-state index in [0.29, 0.717) is 17.4 Å². The monoisotopic (exact) mass is 270 g/mol. The summed E-state index contributed by atoms with van der Waals surface area (Å²) in [6.45, 7) is 16.0. The molecule has 0 fully saturated rings. The van der Waals surface area contributed by atoms with Gasteiger partial charge >= 0.3 is 0 Å². The minimum Gasteiger partial charge on any atom is -0.360 e. The average Bonchev–Trinajstić information content (AvgIpc) is 2.12. The summed E-state index contributed by atoms with van der Waals surface area (Å²) in [6.07, 6.45) is 2.36. The van der Waals surface area contributed by atoms with E-state index < -0.39 is 0 Å². The minimum atomic E-state index is 0.114. The summed E-state index contributed by atoms with van der Waals surface area (Å²) in [5.41, 5.74) is 0.455. The molecule has 1 aliphatic rings. The Morgan fingerprint density at radius 3 is 2.39 bits per heavy atom. The summed E-state index contributed by atoms with van der Waals surface area (Å²) in [7, 11) is 0. The smallest absolute Gasteiger partial charge is 0.157 e. The predicted molar refractivity (Wildman–Crippen MR) is 84.4 cm³/mol. The molecular formula is C15H30N2S. The second kappa shape index (κ2) is 5.85. The highest BCUT2D eigenvalue weighted by atomic mass is 32.2. The van der Waals surface area contributed by atoms with Gasteiger partial charge in [0.05, 0.1) is 6.04 Å². The van der Waals surface area contributed by atoms with Crippen LogP contribution in [-0.4, -0.2) is 22.5 Å². The molecule has 1 N–H and O–H groups in total. The van der Waals surface area contributed by atoms with Crippen LogP contribution in [-0.2, 0) is 0 Å². The van der Waals surface area contributed by atoms with Crippen LogP contribution in [0.4, 0.5) is 0 Å². The highest BCUT2D eigenvalue weighted by Crippen LogP contribution is 2.29. The normalized spacial score (nSPS) is 22.0. The Labute approximate surface area is 117 Å². The van der Waals surface area contributed by atoms with Crippen LogP contribution in [0.25, 0.3) is 0 Å². The van der Waals surface area contributed by atoms with Crippen molar-refractivity contribution in [3.05, 3.63) is 0 Å². The molecule has 0 spiro atoms. The number of amidine groups is 1. The molecule has 1 aliphatic heterocycles. The maximum Gasteiger partial charge on any atom is 0.157 e. The Kier molecular flexibility index (Phi) is 5.16. The largest absolute Gasteiger partial charge is 0.360 e. The van der Waals surface area contributed by atoms with E-state index in [1.54, 1.807) is 0 Å². The number of hydrogen-bond acceptors (Lipinski definition) is 3.